The Morgan fingerprint density at radius 3 is 2.79 bits per heavy atom. The molecule has 1 heterocycles. The molecule has 1 aromatic carbocycles. The molecule has 6 heteroatoms. The predicted octanol–water partition coefficient (Wildman–Crippen LogP) is 3.78. The van der Waals surface area contributed by atoms with E-state index in [-0.39, 0.29) is 11.7 Å². The number of Topliss-reactive ketones (excluding diaryl/α,β-unsaturated/α-hetero) is 1. The van der Waals surface area contributed by atoms with Crippen molar-refractivity contribution in [3.8, 4) is 5.75 Å². The molecular formula is C18H20N2O3S. The Morgan fingerprint density at radius 2 is 2.04 bits per heavy atom. The summed E-state index contributed by atoms with van der Waals surface area (Å²) < 4.78 is 5.28. The van der Waals surface area contributed by atoms with Crippen LogP contribution in [0.2, 0.25) is 0 Å². The highest BCUT2D eigenvalue weighted by Crippen LogP contribution is 2.30. The van der Waals surface area contributed by atoms with Gasteiger partial charge < -0.3 is 15.0 Å². The molecule has 0 aliphatic heterocycles. The lowest BCUT2D eigenvalue weighted by atomic mass is 10.0. The normalized spacial score (nSPS) is 14.0. The average molecular weight is 344 g/mol. The second-order valence-electron chi connectivity index (χ2n) is 5.95. The first-order chi connectivity index (χ1) is 11.5. The van der Waals surface area contributed by atoms with Gasteiger partial charge in [-0.1, -0.05) is 0 Å². The van der Waals surface area contributed by atoms with Crippen molar-refractivity contribution in [3.05, 3.63) is 40.7 Å². The number of nitrogens with one attached hydrogen (secondary N) is 2. The molecule has 0 fully saturated rings. The van der Waals surface area contributed by atoms with Gasteiger partial charge in [0.1, 0.15) is 11.4 Å². The van der Waals surface area contributed by atoms with Crippen LogP contribution in [0.4, 0.5) is 5.69 Å². The lowest BCUT2D eigenvalue weighted by Crippen LogP contribution is -2.15. The zero-order valence-corrected chi connectivity index (χ0v) is 14.6. The Balaban J connectivity index is 1.96. The van der Waals surface area contributed by atoms with Crippen LogP contribution in [0, 0.1) is 6.92 Å². The number of aryl methyl sites for hydroxylation is 1. The van der Waals surface area contributed by atoms with Crippen LogP contribution in [0.3, 0.4) is 0 Å². The third kappa shape index (κ3) is 3.06. The van der Waals surface area contributed by atoms with Gasteiger partial charge in [0, 0.05) is 22.6 Å². The van der Waals surface area contributed by atoms with Gasteiger partial charge in [0.2, 0.25) is 0 Å². The summed E-state index contributed by atoms with van der Waals surface area (Å²) in [4.78, 5) is 28.9. The number of carbonyl (C=O) groups is 2. The second-order valence-corrected chi connectivity index (χ2v) is 6.46. The van der Waals surface area contributed by atoms with Crippen molar-refractivity contribution in [2.75, 3.05) is 12.4 Å². The Labute approximate surface area is 146 Å². The molecule has 1 aromatic heterocycles. The van der Waals surface area contributed by atoms with E-state index in [4.69, 9.17) is 4.74 Å². The standard InChI is InChI=1S/C18H20N2O3S/c1-10-16-12(5-3-4-6-14(16)21)17(19-10)18(22)20-13-9-11(24)7-8-15(13)23-2/h7-9,19,24H,3-6H2,1-2H3,(H,20,22). The van der Waals surface area contributed by atoms with Crippen LogP contribution < -0.4 is 10.1 Å². The fourth-order valence-electron chi connectivity index (χ4n) is 3.19. The topological polar surface area (TPSA) is 71.2 Å². The molecule has 0 saturated carbocycles. The maximum Gasteiger partial charge on any atom is 0.272 e. The van der Waals surface area contributed by atoms with Crippen LogP contribution >= 0.6 is 12.6 Å². The number of fused-ring (bicyclic) bond motifs is 1. The monoisotopic (exact) mass is 344 g/mol. The maximum atomic E-state index is 12.8. The number of carbonyl (C=O) groups excluding carboxylic acids is 2. The fourth-order valence-corrected chi connectivity index (χ4v) is 3.39. The molecule has 0 spiro atoms. The van der Waals surface area contributed by atoms with Crippen LogP contribution in [0.5, 0.6) is 5.75 Å². The van der Waals surface area contributed by atoms with Crippen molar-refractivity contribution < 1.29 is 14.3 Å². The molecular weight excluding hydrogens is 324 g/mol. The van der Waals surface area contributed by atoms with Gasteiger partial charge in [0.15, 0.2) is 5.78 Å². The number of hydrogen-bond donors (Lipinski definition) is 3. The van der Waals surface area contributed by atoms with Crippen molar-refractivity contribution in [1.82, 2.24) is 4.98 Å². The third-order valence-corrected chi connectivity index (χ3v) is 4.59. The molecule has 1 amide bonds. The Hall–Kier alpha value is -2.21. The molecule has 0 radical (unpaired) electrons. The number of thiol groups is 1. The first kappa shape index (κ1) is 16.6. The maximum absolute atomic E-state index is 12.8. The largest absolute Gasteiger partial charge is 0.495 e. The van der Waals surface area contributed by atoms with Crippen LogP contribution in [0.1, 0.15) is 51.4 Å². The molecule has 2 aromatic rings. The molecule has 3 rings (SSSR count). The Kier molecular flexibility index (Phi) is 4.66. The van der Waals surface area contributed by atoms with Gasteiger partial charge in [-0.3, -0.25) is 9.59 Å². The number of H-pyrrole nitrogens is 1. The smallest absolute Gasteiger partial charge is 0.272 e. The van der Waals surface area contributed by atoms with E-state index >= 15 is 0 Å². The van der Waals surface area contributed by atoms with Crippen molar-refractivity contribution >= 4 is 30.0 Å². The van der Waals surface area contributed by atoms with E-state index in [1.54, 1.807) is 25.3 Å². The van der Waals surface area contributed by atoms with Crippen LogP contribution in [-0.4, -0.2) is 23.8 Å². The molecule has 1 aliphatic rings. The van der Waals surface area contributed by atoms with E-state index in [0.29, 0.717) is 29.1 Å². The van der Waals surface area contributed by atoms with Crippen molar-refractivity contribution in [2.45, 2.75) is 37.5 Å². The molecule has 0 bridgehead atoms. The van der Waals surface area contributed by atoms with E-state index in [1.165, 1.54) is 0 Å². The van der Waals surface area contributed by atoms with Gasteiger partial charge in [-0.25, -0.2) is 0 Å². The van der Waals surface area contributed by atoms with E-state index in [1.807, 2.05) is 6.92 Å². The first-order valence-electron chi connectivity index (χ1n) is 7.94. The van der Waals surface area contributed by atoms with Gasteiger partial charge >= 0.3 is 0 Å². The molecule has 1 aliphatic carbocycles. The van der Waals surface area contributed by atoms with E-state index in [2.05, 4.69) is 22.9 Å². The molecule has 0 unspecified atom stereocenters. The summed E-state index contributed by atoms with van der Waals surface area (Å²) in [7, 11) is 1.55. The number of amides is 1. The third-order valence-electron chi connectivity index (χ3n) is 4.31. The predicted molar refractivity (Wildman–Crippen MR) is 95.6 cm³/mol. The number of rotatable bonds is 3. The van der Waals surface area contributed by atoms with E-state index in [9.17, 15) is 9.59 Å². The Bertz CT molecular complexity index is 811. The fraction of sp³-hybridized carbons (Fsp3) is 0.333. The minimum Gasteiger partial charge on any atom is -0.495 e. The summed E-state index contributed by atoms with van der Waals surface area (Å²) in [5.74, 6) is 0.406. The quantitative estimate of drug-likeness (QED) is 0.586. The van der Waals surface area contributed by atoms with Crippen molar-refractivity contribution in [1.29, 1.82) is 0 Å². The van der Waals surface area contributed by atoms with Crippen LogP contribution in [-0.2, 0) is 6.42 Å². The van der Waals surface area contributed by atoms with Crippen molar-refractivity contribution in [2.24, 2.45) is 0 Å². The number of benzene rings is 1. The second kappa shape index (κ2) is 6.73. The van der Waals surface area contributed by atoms with Gasteiger partial charge in [0.25, 0.3) is 5.91 Å². The van der Waals surface area contributed by atoms with Crippen LogP contribution in [0.15, 0.2) is 23.1 Å². The van der Waals surface area contributed by atoms with Gasteiger partial charge in [-0.05, 0) is 49.9 Å². The summed E-state index contributed by atoms with van der Waals surface area (Å²) in [6.45, 7) is 1.84. The summed E-state index contributed by atoms with van der Waals surface area (Å²) in [5, 5.41) is 2.86. The summed E-state index contributed by atoms with van der Waals surface area (Å²) >= 11 is 4.30. The minimum absolute atomic E-state index is 0.116. The molecule has 24 heavy (non-hydrogen) atoms. The number of ketones is 1. The highest BCUT2D eigenvalue weighted by Gasteiger charge is 2.26. The summed E-state index contributed by atoms with van der Waals surface area (Å²) in [6, 6.07) is 5.28. The highest BCUT2D eigenvalue weighted by atomic mass is 32.1. The highest BCUT2D eigenvalue weighted by molar-refractivity contribution is 7.80. The lowest BCUT2D eigenvalue weighted by molar-refractivity contribution is 0.0981. The minimum atomic E-state index is -0.272. The van der Waals surface area contributed by atoms with E-state index in [0.717, 1.165) is 35.4 Å². The average Bonchev–Trinajstić information content (AvgIpc) is 2.75. The summed E-state index contributed by atoms with van der Waals surface area (Å²) in [5.41, 5.74) is 3.29. The number of aromatic nitrogens is 1. The van der Waals surface area contributed by atoms with Crippen molar-refractivity contribution in [3.63, 3.8) is 0 Å². The summed E-state index contributed by atoms with van der Waals surface area (Å²) in [6.07, 6.45) is 3.05. The van der Waals surface area contributed by atoms with Gasteiger partial charge in [-0.2, -0.15) is 0 Å². The zero-order valence-electron chi connectivity index (χ0n) is 13.7. The number of hydrogen-bond acceptors (Lipinski definition) is 4. The van der Waals surface area contributed by atoms with Gasteiger partial charge in [0.05, 0.1) is 12.8 Å². The number of anilines is 1. The SMILES string of the molecule is COc1ccc(S)cc1NC(=O)c1[nH]c(C)c2c1CCCCC2=O. The molecule has 0 saturated heterocycles. The lowest BCUT2D eigenvalue weighted by Gasteiger charge is -2.11. The number of methoxy groups -OCH3 is 1. The van der Waals surface area contributed by atoms with E-state index < -0.39 is 0 Å². The molecule has 0 atom stereocenters. The molecule has 5 nitrogen and oxygen atoms in total. The molecule has 2 N–H and O–H groups in total. The first-order valence-corrected chi connectivity index (χ1v) is 8.39. The van der Waals surface area contributed by atoms with Gasteiger partial charge in [-0.15, -0.1) is 12.6 Å². The zero-order chi connectivity index (χ0) is 17.3. The number of aromatic amines is 1. The van der Waals surface area contributed by atoms with Crippen LogP contribution in [0.25, 0.3) is 0 Å². The molecule has 126 valence electrons. The Morgan fingerprint density at radius 1 is 1.29 bits per heavy atom. The number of ether oxygens (including phenoxy) is 1.